The Labute approximate surface area is 158 Å². The zero-order valence-electron chi connectivity index (χ0n) is 15.2. The molecule has 0 atom stereocenters. The van der Waals surface area contributed by atoms with Gasteiger partial charge in [0.05, 0.1) is 13.7 Å². The molecular weight excluding hydrogens is 350 g/mol. The maximum atomic E-state index is 5.98. The number of rotatable bonds is 7. The third-order valence-electron chi connectivity index (χ3n) is 3.92. The lowest BCUT2D eigenvalue weighted by molar-refractivity contribution is 0.273. The normalized spacial score (nSPS) is 11.6. The van der Waals surface area contributed by atoms with Crippen LogP contribution < -0.4 is 9.47 Å². The summed E-state index contributed by atoms with van der Waals surface area (Å²) >= 11 is 5.98. The molecule has 0 bridgehead atoms. The summed E-state index contributed by atoms with van der Waals surface area (Å²) in [4.78, 5) is 4.41. The smallest absolute Gasteiger partial charge is 0.220 e. The van der Waals surface area contributed by atoms with Crippen molar-refractivity contribution in [3.8, 4) is 11.5 Å². The largest absolute Gasteiger partial charge is 0.493 e. The van der Waals surface area contributed by atoms with Crippen molar-refractivity contribution < 1.29 is 13.9 Å². The summed E-state index contributed by atoms with van der Waals surface area (Å²) in [5.74, 6) is 2.59. The highest BCUT2D eigenvalue weighted by molar-refractivity contribution is 6.31. The number of hydrogen-bond donors (Lipinski definition) is 0. The quantitative estimate of drug-likeness (QED) is 0.504. The Kier molecular flexibility index (Phi) is 5.84. The Hall–Kier alpha value is -2.46. The van der Waals surface area contributed by atoms with Crippen molar-refractivity contribution in [2.24, 2.45) is 5.92 Å². The van der Waals surface area contributed by atoms with Gasteiger partial charge < -0.3 is 13.9 Å². The Morgan fingerprint density at radius 1 is 1.12 bits per heavy atom. The molecule has 0 saturated heterocycles. The first-order chi connectivity index (χ1) is 12.5. The van der Waals surface area contributed by atoms with E-state index in [0.29, 0.717) is 34.8 Å². The number of halogens is 1. The fourth-order valence-corrected chi connectivity index (χ4v) is 2.64. The van der Waals surface area contributed by atoms with Crippen LogP contribution in [0, 0.1) is 5.92 Å². The topological polar surface area (TPSA) is 44.5 Å². The van der Waals surface area contributed by atoms with Gasteiger partial charge in [0, 0.05) is 11.1 Å². The van der Waals surface area contributed by atoms with Crippen LogP contribution in [-0.2, 0) is 0 Å². The summed E-state index contributed by atoms with van der Waals surface area (Å²) < 4.78 is 16.9. The van der Waals surface area contributed by atoms with E-state index in [2.05, 4.69) is 18.8 Å². The van der Waals surface area contributed by atoms with Crippen LogP contribution in [0.2, 0.25) is 5.02 Å². The molecule has 1 heterocycles. The molecule has 136 valence electrons. The average Bonchev–Trinajstić information content (AvgIpc) is 3.02. The number of aromatic nitrogens is 1. The molecule has 0 spiro atoms. The molecule has 3 aromatic rings. The lowest BCUT2D eigenvalue weighted by atomic mass is 10.1. The van der Waals surface area contributed by atoms with E-state index in [1.807, 2.05) is 36.4 Å². The van der Waals surface area contributed by atoms with Crippen molar-refractivity contribution >= 4 is 34.9 Å². The van der Waals surface area contributed by atoms with Crippen molar-refractivity contribution in [3.63, 3.8) is 0 Å². The van der Waals surface area contributed by atoms with E-state index < -0.39 is 0 Å². The minimum absolute atomic E-state index is 0.526. The Morgan fingerprint density at radius 2 is 1.96 bits per heavy atom. The zero-order chi connectivity index (χ0) is 18.5. The van der Waals surface area contributed by atoms with E-state index in [-0.39, 0.29) is 0 Å². The van der Waals surface area contributed by atoms with Crippen LogP contribution in [0.1, 0.15) is 31.7 Å². The van der Waals surface area contributed by atoms with Crippen LogP contribution in [0.4, 0.5) is 0 Å². The lowest BCUT2D eigenvalue weighted by Crippen LogP contribution is -2.02. The molecule has 0 unspecified atom stereocenters. The number of fused-ring (bicyclic) bond motifs is 1. The second-order valence-electron chi connectivity index (χ2n) is 6.44. The van der Waals surface area contributed by atoms with Gasteiger partial charge in [-0.1, -0.05) is 31.5 Å². The number of ether oxygens (including phenoxy) is 2. The first-order valence-electron chi connectivity index (χ1n) is 8.60. The molecule has 1 aromatic heterocycles. The number of hydrogen-bond acceptors (Lipinski definition) is 4. The van der Waals surface area contributed by atoms with Crippen LogP contribution in [0.3, 0.4) is 0 Å². The summed E-state index contributed by atoms with van der Waals surface area (Å²) in [6.07, 6.45) is 4.75. The van der Waals surface area contributed by atoms with Gasteiger partial charge in [0.25, 0.3) is 0 Å². The molecule has 0 amide bonds. The highest BCUT2D eigenvalue weighted by atomic mass is 35.5. The van der Waals surface area contributed by atoms with Gasteiger partial charge in [0.1, 0.15) is 5.52 Å². The molecule has 2 aromatic carbocycles. The predicted molar refractivity (Wildman–Crippen MR) is 106 cm³/mol. The van der Waals surface area contributed by atoms with Gasteiger partial charge in [-0.05, 0) is 54.3 Å². The fraction of sp³-hybridized carbons (Fsp3) is 0.286. The highest BCUT2D eigenvalue weighted by Crippen LogP contribution is 2.29. The Balaban J connectivity index is 1.74. The van der Waals surface area contributed by atoms with Gasteiger partial charge in [0.15, 0.2) is 17.1 Å². The second-order valence-corrected chi connectivity index (χ2v) is 6.88. The van der Waals surface area contributed by atoms with E-state index in [4.69, 9.17) is 25.5 Å². The SMILES string of the molecule is COc1cc(/C=C/c2nc3cc(Cl)ccc3o2)ccc1OCCC(C)C. The number of oxazole rings is 1. The lowest BCUT2D eigenvalue weighted by Gasteiger charge is -2.12. The molecule has 0 fully saturated rings. The van der Waals surface area contributed by atoms with Crippen LogP contribution in [0.5, 0.6) is 11.5 Å². The molecule has 0 N–H and O–H groups in total. The van der Waals surface area contributed by atoms with E-state index in [9.17, 15) is 0 Å². The molecule has 0 radical (unpaired) electrons. The monoisotopic (exact) mass is 371 g/mol. The molecule has 5 heteroatoms. The first kappa shape index (κ1) is 18.3. The van der Waals surface area contributed by atoms with Crippen molar-refractivity contribution in [3.05, 3.63) is 52.9 Å². The Morgan fingerprint density at radius 3 is 2.73 bits per heavy atom. The third-order valence-corrected chi connectivity index (χ3v) is 4.16. The molecule has 0 aliphatic heterocycles. The van der Waals surface area contributed by atoms with E-state index >= 15 is 0 Å². The molecular formula is C21H22ClNO3. The second kappa shape index (κ2) is 8.28. The van der Waals surface area contributed by atoms with Gasteiger partial charge in [0.2, 0.25) is 5.89 Å². The number of methoxy groups -OCH3 is 1. The van der Waals surface area contributed by atoms with Crippen molar-refractivity contribution in [2.75, 3.05) is 13.7 Å². The molecule has 3 rings (SSSR count). The van der Waals surface area contributed by atoms with Crippen LogP contribution >= 0.6 is 11.6 Å². The summed E-state index contributed by atoms with van der Waals surface area (Å²) in [7, 11) is 1.64. The van der Waals surface area contributed by atoms with E-state index in [1.165, 1.54) is 0 Å². The van der Waals surface area contributed by atoms with Crippen molar-refractivity contribution in [1.82, 2.24) is 4.98 Å². The highest BCUT2D eigenvalue weighted by Gasteiger charge is 2.07. The first-order valence-corrected chi connectivity index (χ1v) is 8.98. The van der Waals surface area contributed by atoms with Crippen LogP contribution in [0.25, 0.3) is 23.3 Å². The fourth-order valence-electron chi connectivity index (χ4n) is 2.47. The summed E-state index contributed by atoms with van der Waals surface area (Å²) in [5.41, 5.74) is 2.42. The van der Waals surface area contributed by atoms with Crippen molar-refractivity contribution in [2.45, 2.75) is 20.3 Å². The molecule has 0 saturated carbocycles. The molecule has 4 nitrogen and oxygen atoms in total. The van der Waals surface area contributed by atoms with E-state index in [1.54, 1.807) is 19.2 Å². The van der Waals surface area contributed by atoms with Gasteiger partial charge in [-0.3, -0.25) is 0 Å². The Bertz CT molecular complexity index is 915. The minimum atomic E-state index is 0.526. The van der Waals surface area contributed by atoms with E-state index in [0.717, 1.165) is 23.3 Å². The summed E-state index contributed by atoms with van der Waals surface area (Å²) in [5, 5.41) is 0.638. The molecule has 26 heavy (non-hydrogen) atoms. The van der Waals surface area contributed by atoms with Crippen molar-refractivity contribution in [1.29, 1.82) is 0 Å². The molecule has 0 aliphatic rings. The van der Waals surface area contributed by atoms with Gasteiger partial charge in [-0.2, -0.15) is 0 Å². The number of nitrogens with zero attached hydrogens (tertiary/aromatic N) is 1. The standard InChI is InChI=1S/C21H22ClNO3/c1-14(2)10-11-25-19-7-4-15(12-20(19)24-3)5-9-21-23-17-13-16(22)6-8-18(17)26-21/h4-9,12-14H,10-11H2,1-3H3/b9-5+. The van der Waals surface area contributed by atoms with Gasteiger partial charge >= 0.3 is 0 Å². The average molecular weight is 372 g/mol. The molecule has 0 aliphatic carbocycles. The van der Waals surface area contributed by atoms with Crippen LogP contribution in [-0.4, -0.2) is 18.7 Å². The summed E-state index contributed by atoms with van der Waals surface area (Å²) in [6, 6.07) is 11.2. The maximum absolute atomic E-state index is 5.98. The zero-order valence-corrected chi connectivity index (χ0v) is 15.9. The predicted octanol–water partition coefficient (Wildman–Crippen LogP) is 6.09. The van der Waals surface area contributed by atoms with Crippen LogP contribution in [0.15, 0.2) is 40.8 Å². The van der Waals surface area contributed by atoms with Gasteiger partial charge in [-0.25, -0.2) is 4.98 Å². The minimum Gasteiger partial charge on any atom is -0.493 e. The summed E-state index contributed by atoms with van der Waals surface area (Å²) in [6.45, 7) is 5.03. The number of benzene rings is 2. The maximum Gasteiger partial charge on any atom is 0.220 e. The third kappa shape index (κ3) is 4.58. The van der Waals surface area contributed by atoms with Gasteiger partial charge in [-0.15, -0.1) is 0 Å².